The van der Waals surface area contributed by atoms with Gasteiger partial charge in [0.15, 0.2) is 11.0 Å². The Morgan fingerprint density at radius 2 is 1.88 bits per heavy atom. The molecule has 2 aromatic carbocycles. The lowest BCUT2D eigenvalue weighted by atomic mass is 10.2. The van der Waals surface area contributed by atoms with Gasteiger partial charge in [-0.05, 0) is 43.7 Å². The maximum Gasteiger partial charge on any atom is 0.348 e. The summed E-state index contributed by atoms with van der Waals surface area (Å²) in [5, 5.41) is 30.7. The van der Waals surface area contributed by atoms with Crippen molar-refractivity contribution in [3.63, 3.8) is 0 Å². The van der Waals surface area contributed by atoms with E-state index in [-0.39, 0.29) is 24.5 Å². The van der Waals surface area contributed by atoms with Gasteiger partial charge in [-0.25, -0.2) is 9.48 Å². The minimum atomic E-state index is -0.507. The highest BCUT2D eigenvalue weighted by molar-refractivity contribution is 7.99. The zero-order valence-electron chi connectivity index (χ0n) is 21.7. The molecule has 0 spiro atoms. The Kier molecular flexibility index (Phi) is 8.18. The number of aromatic nitrogens is 6. The summed E-state index contributed by atoms with van der Waals surface area (Å²) in [6.45, 7) is 3.97. The minimum absolute atomic E-state index is 0.159. The first-order chi connectivity index (χ1) is 19.5. The first kappa shape index (κ1) is 27.0. The van der Waals surface area contributed by atoms with Crippen molar-refractivity contribution in [3.8, 4) is 11.8 Å². The third kappa shape index (κ3) is 5.58. The fraction of sp³-hybridized carbons (Fsp3) is 0.222. The molecule has 3 aromatic heterocycles. The number of hydrogen-bond donors (Lipinski definition) is 1. The molecule has 1 amide bonds. The van der Waals surface area contributed by atoms with Crippen molar-refractivity contribution in [2.24, 2.45) is 0 Å². The van der Waals surface area contributed by atoms with E-state index < -0.39 is 5.97 Å². The number of amides is 1. The Bertz CT molecular complexity index is 1720. The number of rotatable bonds is 10. The van der Waals surface area contributed by atoms with Gasteiger partial charge in [0.25, 0.3) is 0 Å². The van der Waals surface area contributed by atoms with Crippen LogP contribution in [0.25, 0.3) is 16.7 Å². The van der Waals surface area contributed by atoms with Crippen LogP contribution in [-0.4, -0.2) is 54.0 Å². The summed E-state index contributed by atoms with van der Waals surface area (Å²) in [5.41, 5.74) is 3.34. The van der Waals surface area contributed by atoms with Crippen LogP contribution in [0.2, 0.25) is 0 Å². The highest BCUT2D eigenvalue weighted by atomic mass is 32.2. The van der Waals surface area contributed by atoms with Gasteiger partial charge in [-0.15, -0.1) is 26.6 Å². The molecule has 0 atom stereocenters. The molecule has 40 heavy (non-hydrogen) atoms. The van der Waals surface area contributed by atoms with Crippen LogP contribution in [0.3, 0.4) is 0 Å². The highest BCUT2D eigenvalue weighted by Gasteiger charge is 2.22. The maximum absolute atomic E-state index is 12.8. The van der Waals surface area contributed by atoms with Crippen LogP contribution >= 0.6 is 23.1 Å². The fourth-order valence-corrected chi connectivity index (χ4v) is 6.03. The Morgan fingerprint density at radius 3 is 2.65 bits per heavy atom. The molecule has 202 valence electrons. The van der Waals surface area contributed by atoms with Crippen molar-refractivity contribution in [2.75, 3.05) is 17.7 Å². The second-order valence-electron chi connectivity index (χ2n) is 8.54. The second-order valence-corrected chi connectivity index (χ2v) is 10.6. The highest BCUT2D eigenvalue weighted by Crippen LogP contribution is 2.33. The van der Waals surface area contributed by atoms with Crippen molar-refractivity contribution < 1.29 is 14.3 Å². The van der Waals surface area contributed by atoms with Gasteiger partial charge in [0.2, 0.25) is 5.91 Å². The number of esters is 1. The lowest BCUT2D eigenvalue weighted by Gasteiger charge is -2.10. The standard InChI is InChI=1S/C27H24N8O3S2/c1-3-38-26(37)24-17(2)19(15-28)25(40-24)29-23(36)13-14-39-27-32-31-22(35(27)18-9-5-4-6-10-18)16-34-21-12-8-7-11-20(21)30-33-34/h4-12H,3,13-14,16H2,1-2H3,(H,29,36). The molecule has 5 rings (SSSR count). The summed E-state index contributed by atoms with van der Waals surface area (Å²) in [5.74, 6) is 0.307. The van der Waals surface area contributed by atoms with Gasteiger partial charge in [-0.3, -0.25) is 9.36 Å². The molecule has 0 aliphatic heterocycles. The number of nitrogens with one attached hydrogen (secondary N) is 1. The number of nitrogens with zero attached hydrogens (tertiary/aromatic N) is 7. The Balaban J connectivity index is 1.30. The number of ether oxygens (including phenoxy) is 1. The van der Waals surface area contributed by atoms with Crippen LogP contribution < -0.4 is 5.32 Å². The predicted molar refractivity (Wildman–Crippen MR) is 152 cm³/mol. The molecule has 0 saturated carbocycles. The van der Waals surface area contributed by atoms with E-state index in [9.17, 15) is 14.9 Å². The van der Waals surface area contributed by atoms with Gasteiger partial charge < -0.3 is 10.1 Å². The molecule has 3 heterocycles. The normalized spacial score (nSPS) is 10.9. The van der Waals surface area contributed by atoms with E-state index in [1.807, 2.05) is 59.2 Å². The van der Waals surface area contributed by atoms with Gasteiger partial charge in [0.1, 0.15) is 28.0 Å². The lowest BCUT2D eigenvalue weighted by Crippen LogP contribution is -2.12. The number of para-hydroxylation sites is 2. The van der Waals surface area contributed by atoms with E-state index in [0.717, 1.165) is 28.1 Å². The molecule has 0 aliphatic carbocycles. The smallest absolute Gasteiger partial charge is 0.348 e. The molecule has 0 bridgehead atoms. The number of anilines is 1. The zero-order valence-corrected chi connectivity index (χ0v) is 23.3. The summed E-state index contributed by atoms with van der Waals surface area (Å²) in [6, 6.07) is 19.5. The van der Waals surface area contributed by atoms with Gasteiger partial charge in [-0.1, -0.05) is 47.3 Å². The molecule has 0 fully saturated rings. The second kappa shape index (κ2) is 12.1. The van der Waals surface area contributed by atoms with E-state index in [1.165, 1.54) is 11.8 Å². The number of carbonyl (C=O) groups excluding carboxylic acids is 2. The molecule has 0 saturated heterocycles. The van der Waals surface area contributed by atoms with E-state index in [1.54, 1.807) is 18.5 Å². The van der Waals surface area contributed by atoms with E-state index >= 15 is 0 Å². The summed E-state index contributed by atoms with van der Waals surface area (Å²) >= 11 is 2.44. The molecular weight excluding hydrogens is 548 g/mol. The average Bonchev–Trinajstić information content (AvgIpc) is 3.65. The van der Waals surface area contributed by atoms with Gasteiger partial charge in [0.05, 0.1) is 17.7 Å². The molecule has 0 radical (unpaired) electrons. The molecule has 0 unspecified atom stereocenters. The van der Waals surface area contributed by atoms with E-state index in [2.05, 4.69) is 31.9 Å². The Labute approximate surface area is 237 Å². The van der Waals surface area contributed by atoms with Crippen molar-refractivity contribution in [1.29, 1.82) is 5.26 Å². The maximum atomic E-state index is 12.8. The number of thioether (sulfide) groups is 1. The SMILES string of the molecule is CCOC(=O)c1sc(NC(=O)CCSc2nnc(Cn3nnc4ccccc43)n2-c2ccccc2)c(C#N)c1C. The lowest BCUT2D eigenvalue weighted by molar-refractivity contribution is -0.115. The van der Waals surface area contributed by atoms with Crippen molar-refractivity contribution in [3.05, 3.63) is 76.4 Å². The molecule has 13 heteroatoms. The topological polar surface area (TPSA) is 141 Å². The summed E-state index contributed by atoms with van der Waals surface area (Å²) in [7, 11) is 0. The van der Waals surface area contributed by atoms with Crippen LogP contribution in [0.15, 0.2) is 59.8 Å². The monoisotopic (exact) mass is 572 g/mol. The first-order valence-electron chi connectivity index (χ1n) is 12.4. The third-order valence-electron chi connectivity index (χ3n) is 5.96. The molecule has 1 N–H and O–H groups in total. The predicted octanol–water partition coefficient (Wildman–Crippen LogP) is 4.60. The van der Waals surface area contributed by atoms with Crippen LogP contribution in [0, 0.1) is 18.3 Å². The molecule has 11 nitrogen and oxygen atoms in total. The molecule has 0 aliphatic rings. The van der Waals surface area contributed by atoms with Crippen LogP contribution in [0.4, 0.5) is 5.00 Å². The number of nitriles is 1. The Morgan fingerprint density at radius 1 is 1.10 bits per heavy atom. The summed E-state index contributed by atoms with van der Waals surface area (Å²) < 4.78 is 8.79. The zero-order chi connectivity index (χ0) is 28.1. The van der Waals surface area contributed by atoms with E-state index in [4.69, 9.17) is 4.74 Å². The largest absolute Gasteiger partial charge is 0.462 e. The van der Waals surface area contributed by atoms with Crippen LogP contribution in [0.1, 0.15) is 40.0 Å². The first-order valence-corrected chi connectivity index (χ1v) is 14.2. The van der Waals surface area contributed by atoms with Crippen LogP contribution in [0.5, 0.6) is 0 Å². The number of thiophene rings is 1. The average molecular weight is 573 g/mol. The Hall–Kier alpha value is -4.54. The molecule has 5 aromatic rings. The number of carbonyl (C=O) groups is 2. The minimum Gasteiger partial charge on any atom is -0.462 e. The molecular formula is C27H24N8O3S2. The van der Waals surface area contributed by atoms with Gasteiger partial charge in [-0.2, -0.15) is 5.26 Å². The van der Waals surface area contributed by atoms with Crippen molar-refractivity contribution in [2.45, 2.75) is 32.0 Å². The fourth-order valence-electron chi connectivity index (χ4n) is 4.05. The number of hydrogen-bond acceptors (Lipinski definition) is 10. The quantitative estimate of drug-likeness (QED) is 0.188. The van der Waals surface area contributed by atoms with E-state index in [0.29, 0.717) is 38.7 Å². The van der Waals surface area contributed by atoms with Crippen LogP contribution in [-0.2, 0) is 16.1 Å². The summed E-state index contributed by atoms with van der Waals surface area (Å²) in [6.07, 6.45) is 0.159. The van der Waals surface area contributed by atoms with Crippen molar-refractivity contribution >= 4 is 51.0 Å². The number of fused-ring (bicyclic) bond motifs is 1. The van der Waals surface area contributed by atoms with Gasteiger partial charge in [0, 0.05) is 17.9 Å². The summed E-state index contributed by atoms with van der Waals surface area (Å²) in [4.78, 5) is 25.3. The number of benzene rings is 2. The van der Waals surface area contributed by atoms with Gasteiger partial charge >= 0.3 is 5.97 Å². The third-order valence-corrected chi connectivity index (χ3v) is 8.08. The van der Waals surface area contributed by atoms with Crippen molar-refractivity contribution in [1.82, 2.24) is 29.8 Å².